The molecule has 0 aromatic carbocycles. The fraction of sp³-hybridized carbons (Fsp3) is 0.917. The molecule has 1 rings (SSSR count). The number of ether oxygens (including phenoxy) is 1. The number of nitrogens with one attached hydrogen (secondary N) is 2. The van der Waals surface area contributed by atoms with E-state index in [0.29, 0.717) is 31.7 Å². The monoisotopic (exact) mass is 228 g/mol. The molecule has 1 amide bonds. The molecular weight excluding hydrogens is 204 g/mol. The fourth-order valence-electron chi connectivity index (χ4n) is 2.15. The molecule has 2 atom stereocenters. The fourth-order valence-corrected chi connectivity index (χ4v) is 2.15. The Labute approximate surface area is 98.1 Å². The van der Waals surface area contributed by atoms with Gasteiger partial charge in [0.05, 0.1) is 19.3 Å². The molecule has 94 valence electrons. The predicted octanol–water partition coefficient (Wildman–Crippen LogP) is 0.917. The third-order valence-corrected chi connectivity index (χ3v) is 3.13. The Hall–Kier alpha value is -0.610. The van der Waals surface area contributed by atoms with Gasteiger partial charge in [0.25, 0.3) is 0 Å². The summed E-state index contributed by atoms with van der Waals surface area (Å²) in [6.45, 7) is 3.87. The van der Waals surface area contributed by atoms with Gasteiger partial charge in [0.2, 0.25) is 5.91 Å². The molecule has 0 aromatic heterocycles. The van der Waals surface area contributed by atoms with Crippen LogP contribution >= 0.6 is 0 Å². The molecule has 1 fully saturated rings. The number of hydrogen-bond acceptors (Lipinski definition) is 3. The molecule has 0 saturated heterocycles. The molecule has 1 aliphatic rings. The van der Waals surface area contributed by atoms with Crippen LogP contribution in [0.2, 0.25) is 0 Å². The molecule has 1 saturated carbocycles. The molecule has 0 aliphatic heterocycles. The summed E-state index contributed by atoms with van der Waals surface area (Å²) in [4.78, 5) is 11.1. The second-order valence-corrected chi connectivity index (χ2v) is 4.55. The molecular formula is C12H24N2O2. The van der Waals surface area contributed by atoms with Crippen LogP contribution in [0.5, 0.6) is 0 Å². The van der Waals surface area contributed by atoms with Gasteiger partial charge in [-0.05, 0) is 25.8 Å². The molecule has 0 spiro atoms. The largest absolute Gasteiger partial charge is 0.376 e. The lowest BCUT2D eigenvalue weighted by Gasteiger charge is -2.28. The zero-order valence-corrected chi connectivity index (χ0v) is 10.4. The van der Waals surface area contributed by atoms with Gasteiger partial charge < -0.3 is 15.4 Å². The van der Waals surface area contributed by atoms with E-state index in [4.69, 9.17) is 4.74 Å². The van der Waals surface area contributed by atoms with E-state index in [0.717, 1.165) is 0 Å². The number of amides is 1. The molecule has 2 unspecified atom stereocenters. The van der Waals surface area contributed by atoms with Crippen molar-refractivity contribution < 1.29 is 9.53 Å². The molecule has 0 bridgehead atoms. The number of carbonyl (C=O) groups is 1. The molecule has 0 radical (unpaired) electrons. The van der Waals surface area contributed by atoms with E-state index in [1.807, 2.05) is 0 Å². The summed E-state index contributed by atoms with van der Waals surface area (Å²) in [5.74, 6) is 0.699. The highest BCUT2D eigenvalue weighted by Gasteiger charge is 2.21. The highest BCUT2D eigenvalue weighted by Crippen LogP contribution is 2.25. The molecule has 2 N–H and O–H groups in total. The van der Waals surface area contributed by atoms with Crippen molar-refractivity contribution in [2.75, 3.05) is 26.7 Å². The molecule has 16 heavy (non-hydrogen) atoms. The summed E-state index contributed by atoms with van der Waals surface area (Å²) < 4.78 is 5.79. The summed E-state index contributed by atoms with van der Waals surface area (Å²) >= 11 is 0. The van der Waals surface area contributed by atoms with Gasteiger partial charge in [0, 0.05) is 6.54 Å². The lowest BCUT2D eigenvalue weighted by atomic mass is 9.88. The van der Waals surface area contributed by atoms with Crippen molar-refractivity contribution in [1.29, 1.82) is 0 Å². The van der Waals surface area contributed by atoms with Crippen LogP contribution < -0.4 is 10.6 Å². The third kappa shape index (κ3) is 4.94. The van der Waals surface area contributed by atoms with Gasteiger partial charge >= 0.3 is 0 Å². The third-order valence-electron chi connectivity index (χ3n) is 3.13. The zero-order chi connectivity index (χ0) is 11.8. The average Bonchev–Trinajstić information content (AvgIpc) is 2.27. The number of carbonyl (C=O) groups excluding carboxylic acids is 1. The summed E-state index contributed by atoms with van der Waals surface area (Å²) in [6, 6.07) is 0. The van der Waals surface area contributed by atoms with E-state index < -0.39 is 0 Å². The molecule has 4 nitrogen and oxygen atoms in total. The first-order valence-electron chi connectivity index (χ1n) is 6.27. The molecule has 0 heterocycles. The first kappa shape index (κ1) is 13.5. The Balaban J connectivity index is 2.03. The maximum absolute atomic E-state index is 11.1. The van der Waals surface area contributed by atoms with Crippen LogP contribution in [-0.2, 0) is 9.53 Å². The van der Waals surface area contributed by atoms with Crippen LogP contribution in [-0.4, -0.2) is 38.8 Å². The molecule has 1 aliphatic carbocycles. The van der Waals surface area contributed by atoms with E-state index in [1.54, 1.807) is 7.05 Å². The Morgan fingerprint density at radius 1 is 1.38 bits per heavy atom. The van der Waals surface area contributed by atoms with E-state index in [2.05, 4.69) is 17.6 Å². The van der Waals surface area contributed by atoms with E-state index in [-0.39, 0.29) is 5.91 Å². The standard InChI is InChI=1S/C12H24N2O2/c1-10-5-3-4-6-11(10)16-8-7-14-12(15)9-13-2/h10-11,13H,3-9H2,1-2H3,(H,14,15). The van der Waals surface area contributed by atoms with Crippen molar-refractivity contribution in [3.63, 3.8) is 0 Å². The Morgan fingerprint density at radius 3 is 2.81 bits per heavy atom. The van der Waals surface area contributed by atoms with Crippen LogP contribution in [0.4, 0.5) is 0 Å². The van der Waals surface area contributed by atoms with Crippen LogP contribution in [0, 0.1) is 5.92 Å². The predicted molar refractivity (Wildman–Crippen MR) is 64.3 cm³/mol. The first-order valence-corrected chi connectivity index (χ1v) is 6.27. The maximum Gasteiger partial charge on any atom is 0.234 e. The van der Waals surface area contributed by atoms with E-state index in [9.17, 15) is 4.79 Å². The van der Waals surface area contributed by atoms with Gasteiger partial charge in [-0.25, -0.2) is 0 Å². The van der Waals surface area contributed by atoms with Crippen LogP contribution in [0.25, 0.3) is 0 Å². The number of rotatable bonds is 6. The highest BCUT2D eigenvalue weighted by atomic mass is 16.5. The van der Waals surface area contributed by atoms with E-state index >= 15 is 0 Å². The molecule has 0 aromatic rings. The highest BCUT2D eigenvalue weighted by molar-refractivity contribution is 5.77. The second-order valence-electron chi connectivity index (χ2n) is 4.55. The number of hydrogen-bond donors (Lipinski definition) is 2. The topological polar surface area (TPSA) is 50.4 Å². The number of likely N-dealkylation sites (N-methyl/N-ethyl adjacent to an activating group) is 1. The SMILES string of the molecule is CNCC(=O)NCCOC1CCCCC1C. The van der Waals surface area contributed by atoms with Crippen molar-refractivity contribution in [3.8, 4) is 0 Å². The Morgan fingerprint density at radius 2 is 2.12 bits per heavy atom. The summed E-state index contributed by atoms with van der Waals surface area (Å²) in [7, 11) is 1.76. The van der Waals surface area contributed by atoms with Gasteiger partial charge in [-0.15, -0.1) is 0 Å². The molecule has 4 heteroatoms. The minimum Gasteiger partial charge on any atom is -0.376 e. The summed E-state index contributed by atoms with van der Waals surface area (Å²) in [6.07, 6.45) is 5.46. The first-order chi connectivity index (χ1) is 7.74. The minimum absolute atomic E-state index is 0.0304. The van der Waals surface area contributed by atoms with Crippen molar-refractivity contribution in [3.05, 3.63) is 0 Å². The minimum atomic E-state index is 0.0304. The van der Waals surface area contributed by atoms with Crippen LogP contribution in [0.1, 0.15) is 32.6 Å². The van der Waals surface area contributed by atoms with Gasteiger partial charge in [0.1, 0.15) is 0 Å². The van der Waals surface area contributed by atoms with Gasteiger partial charge in [-0.3, -0.25) is 4.79 Å². The Bertz CT molecular complexity index is 209. The second kappa shape index (κ2) is 7.63. The average molecular weight is 228 g/mol. The van der Waals surface area contributed by atoms with Crippen molar-refractivity contribution in [2.24, 2.45) is 5.92 Å². The lowest BCUT2D eigenvalue weighted by molar-refractivity contribution is -0.120. The van der Waals surface area contributed by atoms with Crippen LogP contribution in [0.3, 0.4) is 0 Å². The van der Waals surface area contributed by atoms with Crippen molar-refractivity contribution in [1.82, 2.24) is 10.6 Å². The van der Waals surface area contributed by atoms with E-state index in [1.165, 1.54) is 25.7 Å². The quantitative estimate of drug-likeness (QED) is 0.665. The van der Waals surface area contributed by atoms with Gasteiger partial charge in [0.15, 0.2) is 0 Å². The van der Waals surface area contributed by atoms with Crippen LogP contribution in [0.15, 0.2) is 0 Å². The zero-order valence-electron chi connectivity index (χ0n) is 10.4. The van der Waals surface area contributed by atoms with Crippen molar-refractivity contribution in [2.45, 2.75) is 38.7 Å². The normalized spacial score (nSPS) is 25.4. The summed E-state index contributed by atoms with van der Waals surface area (Å²) in [5, 5.41) is 5.62. The maximum atomic E-state index is 11.1. The lowest BCUT2D eigenvalue weighted by Crippen LogP contribution is -2.35. The van der Waals surface area contributed by atoms with Gasteiger partial charge in [-0.1, -0.05) is 19.8 Å². The Kier molecular flexibility index (Phi) is 6.42. The van der Waals surface area contributed by atoms with Crippen molar-refractivity contribution >= 4 is 5.91 Å². The smallest absolute Gasteiger partial charge is 0.234 e. The van der Waals surface area contributed by atoms with Gasteiger partial charge in [-0.2, -0.15) is 0 Å². The summed E-state index contributed by atoms with van der Waals surface area (Å²) in [5.41, 5.74) is 0.